The molecule has 1 aromatic carbocycles. The number of fused-ring (bicyclic) bond motifs is 1. The Hall–Kier alpha value is -2.68. The maximum atomic E-state index is 14.6. The second-order valence-corrected chi connectivity index (χ2v) is 12.0. The van der Waals surface area contributed by atoms with Gasteiger partial charge in [-0.05, 0) is 56.4 Å². The van der Waals surface area contributed by atoms with Crippen molar-refractivity contribution in [3.05, 3.63) is 54.6 Å². The Bertz CT molecular complexity index is 1140. The standard InChI is InChI=1S/C31H42ClN3O5/c1-6-16-33(5)27(37)24-25-28(38)35(18-10-8-9-11-19-36)26(31(25)20-21(3)30(24,4)40-31)29(39)34(17-7-2)23-14-12-22(32)13-15-23/h6-7,12-15,21,24-26,36H,1-2,8-11,16-20H2,3-5H3/t21?,24-,25-,26?,30+,31?/m0/s1. The van der Waals surface area contributed by atoms with Gasteiger partial charge in [0.05, 0.1) is 17.4 Å². The molecule has 3 saturated heterocycles. The second kappa shape index (κ2) is 12.0. The van der Waals surface area contributed by atoms with Gasteiger partial charge in [0.15, 0.2) is 0 Å². The summed E-state index contributed by atoms with van der Waals surface area (Å²) in [6, 6.07) is 6.13. The van der Waals surface area contributed by atoms with Gasteiger partial charge in [0.1, 0.15) is 11.6 Å². The van der Waals surface area contributed by atoms with Crippen molar-refractivity contribution in [2.24, 2.45) is 17.8 Å². The van der Waals surface area contributed by atoms with Crippen molar-refractivity contribution in [3.63, 3.8) is 0 Å². The van der Waals surface area contributed by atoms with E-state index in [0.29, 0.717) is 43.1 Å². The van der Waals surface area contributed by atoms with Crippen LogP contribution < -0.4 is 4.90 Å². The molecule has 9 heteroatoms. The van der Waals surface area contributed by atoms with Crippen molar-refractivity contribution in [2.45, 2.75) is 63.2 Å². The Labute approximate surface area is 242 Å². The van der Waals surface area contributed by atoms with E-state index in [1.165, 1.54) is 0 Å². The lowest BCUT2D eigenvalue weighted by molar-refractivity contribution is -0.150. The summed E-state index contributed by atoms with van der Waals surface area (Å²) in [4.78, 5) is 47.6. The number of carbonyl (C=O) groups excluding carboxylic acids is 3. The molecule has 0 saturated carbocycles. The molecule has 0 radical (unpaired) electrons. The van der Waals surface area contributed by atoms with Crippen molar-refractivity contribution in [1.29, 1.82) is 0 Å². The van der Waals surface area contributed by atoms with Crippen molar-refractivity contribution in [1.82, 2.24) is 9.80 Å². The van der Waals surface area contributed by atoms with E-state index in [9.17, 15) is 19.5 Å². The van der Waals surface area contributed by atoms with Gasteiger partial charge in [-0.25, -0.2) is 0 Å². The number of aliphatic hydroxyl groups is 1. The number of hydrogen-bond donors (Lipinski definition) is 1. The van der Waals surface area contributed by atoms with Gasteiger partial charge in [-0.2, -0.15) is 0 Å². The van der Waals surface area contributed by atoms with Crippen LogP contribution in [0.25, 0.3) is 0 Å². The zero-order chi connectivity index (χ0) is 29.2. The molecule has 1 aromatic rings. The Balaban J connectivity index is 1.77. The third-order valence-corrected chi connectivity index (χ3v) is 9.37. The fourth-order valence-electron chi connectivity index (χ4n) is 7.12. The molecule has 1 spiro atoms. The summed E-state index contributed by atoms with van der Waals surface area (Å²) in [5.41, 5.74) is -1.34. The first-order chi connectivity index (χ1) is 19.1. The van der Waals surface area contributed by atoms with Gasteiger partial charge < -0.3 is 24.5 Å². The SMILES string of the molecule is C=CCN(C)C(=O)[C@@H]1[C@H]2C(=O)N(CCCCCCO)C(C(=O)N(CC=C)c3ccc(Cl)cc3)C23CC(C)[C@@]1(C)O3. The molecule has 8 nitrogen and oxygen atoms in total. The number of ether oxygens (including phenoxy) is 1. The number of aliphatic hydroxyl groups excluding tert-OH is 1. The molecular formula is C31H42ClN3O5. The van der Waals surface area contributed by atoms with Crippen molar-refractivity contribution in [3.8, 4) is 0 Å². The summed E-state index contributed by atoms with van der Waals surface area (Å²) in [7, 11) is 1.71. The maximum absolute atomic E-state index is 14.6. The van der Waals surface area contributed by atoms with E-state index in [0.717, 1.165) is 12.8 Å². The average molecular weight is 572 g/mol. The third-order valence-electron chi connectivity index (χ3n) is 9.12. The van der Waals surface area contributed by atoms with Crippen LogP contribution in [0.1, 0.15) is 46.0 Å². The molecular weight excluding hydrogens is 530 g/mol. The van der Waals surface area contributed by atoms with Crippen LogP contribution >= 0.6 is 11.6 Å². The molecule has 1 N–H and O–H groups in total. The smallest absolute Gasteiger partial charge is 0.253 e. The highest BCUT2D eigenvalue weighted by Crippen LogP contribution is 2.65. The lowest BCUT2D eigenvalue weighted by Gasteiger charge is -2.38. The van der Waals surface area contributed by atoms with Gasteiger partial charge in [-0.15, -0.1) is 13.2 Å². The first-order valence-corrected chi connectivity index (χ1v) is 14.6. The Morgan fingerprint density at radius 3 is 2.40 bits per heavy atom. The number of anilines is 1. The van der Waals surface area contributed by atoms with Crippen LogP contribution in [0.2, 0.25) is 5.02 Å². The van der Waals surface area contributed by atoms with E-state index in [-0.39, 0.29) is 36.8 Å². The Morgan fingerprint density at radius 2 is 1.77 bits per heavy atom. The Kier molecular flexibility index (Phi) is 9.12. The van der Waals surface area contributed by atoms with Crippen LogP contribution in [0.3, 0.4) is 0 Å². The van der Waals surface area contributed by atoms with Crippen LogP contribution in [0.4, 0.5) is 5.69 Å². The molecule has 40 heavy (non-hydrogen) atoms. The highest BCUT2D eigenvalue weighted by Gasteiger charge is 2.80. The first-order valence-electron chi connectivity index (χ1n) is 14.2. The van der Waals surface area contributed by atoms with Crippen molar-refractivity contribution in [2.75, 3.05) is 38.2 Å². The molecule has 0 aromatic heterocycles. The molecule has 218 valence electrons. The van der Waals surface area contributed by atoms with Crippen LogP contribution in [-0.2, 0) is 19.1 Å². The molecule has 2 bridgehead atoms. The number of carbonyl (C=O) groups is 3. The maximum Gasteiger partial charge on any atom is 0.253 e. The molecule has 3 aliphatic heterocycles. The second-order valence-electron chi connectivity index (χ2n) is 11.6. The average Bonchev–Trinajstić information content (AvgIpc) is 3.43. The predicted molar refractivity (Wildman–Crippen MR) is 156 cm³/mol. The van der Waals surface area contributed by atoms with Crippen LogP contribution in [0, 0.1) is 17.8 Å². The molecule has 3 amide bonds. The van der Waals surface area contributed by atoms with Crippen LogP contribution in [-0.4, -0.2) is 83.2 Å². The van der Waals surface area contributed by atoms with E-state index >= 15 is 0 Å². The van der Waals surface area contributed by atoms with E-state index in [1.807, 2.05) is 13.8 Å². The van der Waals surface area contributed by atoms with Gasteiger partial charge in [0, 0.05) is 44.0 Å². The number of nitrogens with zero attached hydrogens (tertiary/aromatic N) is 3. The fourth-order valence-corrected chi connectivity index (χ4v) is 7.25. The number of likely N-dealkylation sites (tertiary alicyclic amines) is 1. The van der Waals surface area contributed by atoms with Crippen molar-refractivity contribution >= 4 is 35.0 Å². The van der Waals surface area contributed by atoms with Crippen LogP contribution in [0.15, 0.2) is 49.6 Å². The fraction of sp³-hybridized carbons (Fsp3) is 0.581. The lowest BCUT2D eigenvalue weighted by atomic mass is 9.62. The molecule has 3 aliphatic rings. The van der Waals surface area contributed by atoms with E-state index < -0.39 is 29.1 Å². The number of halogens is 1. The summed E-state index contributed by atoms with van der Waals surface area (Å²) in [5.74, 6) is -2.10. The highest BCUT2D eigenvalue weighted by molar-refractivity contribution is 6.30. The van der Waals surface area contributed by atoms with Crippen LogP contribution in [0.5, 0.6) is 0 Å². The summed E-state index contributed by atoms with van der Waals surface area (Å²) in [5, 5.41) is 9.73. The highest BCUT2D eigenvalue weighted by atomic mass is 35.5. The lowest BCUT2D eigenvalue weighted by Crippen LogP contribution is -2.57. The molecule has 6 atom stereocenters. The summed E-state index contributed by atoms with van der Waals surface area (Å²) < 4.78 is 6.84. The van der Waals surface area contributed by atoms with Gasteiger partial charge in [0.25, 0.3) is 5.91 Å². The van der Waals surface area contributed by atoms with E-state index in [4.69, 9.17) is 16.3 Å². The first kappa shape index (κ1) is 30.3. The number of likely N-dealkylation sites (N-methyl/N-ethyl adjacent to an activating group) is 1. The number of hydrogen-bond acceptors (Lipinski definition) is 5. The van der Waals surface area contributed by atoms with E-state index in [1.54, 1.807) is 58.2 Å². The molecule has 3 heterocycles. The topological polar surface area (TPSA) is 90.4 Å². The molecule has 4 rings (SSSR count). The molecule has 0 aliphatic carbocycles. The van der Waals surface area contributed by atoms with Gasteiger partial charge >= 0.3 is 0 Å². The number of rotatable bonds is 13. The minimum absolute atomic E-state index is 0.0363. The van der Waals surface area contributed by atoms with Gasteiger partial charge in [0.2, 0.25) is 11.8 Å². The summed E-state index contributed by atoms with van der Waals surface area (Å²) in [6.07, 6.45) is 6.85. The quantitative estimate of drug-likeness (QED) is 0.285. The number of benzene rings is 1. The Morgan fingerprint density at radius 1 is 1.12 bits per heavy atom. The largest absolute Gasteiger partial charge is 0.396 e. The monoisotopic (exact) mass is 571 g/mol. The normalized spacial score (nSPS) is 30.3. The van der Waals surface area contributed by atoms with Crippen molar-refractivity contribution < 1.29 is 24.2 Å². The zero-order valence-corrected chi connectivity index (χ0v) is 24.6. The van der Waals surface area contributed by atoms with Gasteiger partial charge in [-0.3, -0.25) is 14.4 Å². The number of amides is 3. The summed E-state index contributed by atoms with van der Waals surface area (Å²) in [6.45, 7) is 12.7. The minimum Gasteiger partial charge on any atom is -0.396 e. The van der Waals surface area contributed by atoms with E-state index in [2.05, 4.69) is 13.2 Å². The molecule has 3 fully saturated rings. The minimum atomic E-state index is -1.12. The number of unbranched alkanes of at least 4 members (excludes halogenated alkanes) is 3. The summed E-state index contributed by atoms with van der Waals surface area (Å²) >= 11 is 6.13. The zero-order valence-electron chi connectivity index (χ0n) is 23.9. The van der Waals surface area contributed by atoms with Gasteiger partial charge in [-0.1, -0.05) is 43.5 Å². The third kappa shape index (κ3) is 4.99. The predicted octanol–water partition coefficient (Wildman–Crippen LogP) is 4.07. The molecule has 3 unspecified atom stereocenters.